The van der Waals surface area contributed by atoms with Crippen LogP contribution in [0, 0.1) is 13.8 Å². The fraction of sp³-hybridized carbons (Fsp3) is 0.346. The second-order valence-corrected chi connectivity index (χ2v) is 9.26. The van der Waals surface area contributed by atoms with Crippen molar-refractivity contribution in [1.29, 1.82) is 0 Å². The summed E-state index contributed by atoms with van der Waals surface area (Å²) in [5, 5.41) is 8.16. The third-order valence-corrected chi connectivity index (χ3v) is 6.25. The van der Waals surface area contributed by atoms with Gasteiger partial charge in [0, 0.05) is 25.6 Å². The van der Waals surface area contributed by atoms with Gasteiger partial charge in [-0.2, -0.15) is 5.10 Å². The monoisotopic (exact) mass is 476 g/mol. The van der Waals surface area contributed by atoms with E-state index in [1.54, 1.807) is 30.0 Å². The highest BCUT2D eigenvalue weighted by molar-refractivity contribution is 6.02. The number of aromatic nitrogens is 3. The Hall–Kier alpha value is -3.69. The lowest BCUT2D eigenvalue weighted by molar-refractivity contribution is -0.00795. The zero-order chi connectivity index (χ0) is 24.9. The molecule has 1 aromatic carbocycles. The standard InChI is InChI=1S/C26H28N4O5/c1-14-9-16-13-33-26(3,4)18(16)11-20(14)35-22-8-7-19(34-22)25(31)28-21-10-17(12-32-6)23-15(2)29-30(5)24(23)27-21/h7-11H,12-13H2,1-6H3,(H,27,28,31). The van der Waals surface area contributed by atoms with Gasteiger partial charge in [0.05, 0.1) is 24.5 Å². The molecule has 35 heavy (non-hydrogen) atoms. The molecule has 0 saturated heterocycles. The van der Waals surface area contributed by atoms with Crippen LogP contribution in [0.1, 0.15) is 52.3 Å². The van der Waals surface area contributed by atoms with Crippen molar-refractivity contribution in [1.82, 2.24) is 14.8 Å². The number of furan rings is 1. The van der Waals surface area contributed by atoms with E-state index in [1.165, 1.54) is 0 Å². The Bertz CT molecular complexity index is 1450. The van der Waals surface area contributed by atoms with Crippen molar-refractivity contribution >= 4 is 22.8 Å². The van der Waals surface area contributed by atoms with Crippen LogP contribution in [0.15, 0.2) is 34.7 Å². The average Bonchev–Trinajstić information content (AvgIpc) is 3.46. The minimum atomic E-state index is -0.436. The van der Waals surface area contributed by atoms with Crippen LogP contribution in [0.4, 0.5) is 5.82 Å². The molecule has 0 atom stereocenters. The molecule has 9 heteroatoms. The van der Waals surface area contributed by atoms with E-state index in [0.29, 0.717) is 30.4 Å². The molecule has 0 fully saturated rings. The molecule has 9 nitrogen and oxygen atoms in total. The van der Waals surface area contributed by atoms with Crippen molar-refractivity contribution in [3.8, 4) is 11.7 Å². The van der Waals surface area contributed by atoms with Crippen LogP contribution in [-0.4, -0.2) is 27.8 Å². The maximum absolute atomic E-state index is 12.9. The number of nitrogens with one attached hydrogen (secondary N) is 1. The van der Waals surface area contributed by atoms with Gasteiger partial charge in [-0.3, -0.25) is 9.48 Å². The van der Waals surface area contributed by atoms with E-state index in [-0.39, 0.29) is 17.3 Å². The third kappa shape index (κ3) is 4.17. The Morgan fingerprint density at radius 3 is 2.80 bits per heavy atom. The lowest BCUT2D eigenvalue weighted by Crippen LogP contribution is -2.14. The summed E-state index contributed by atoms with van der Waals surface area (Å²) < 4.78 is 24.6. The normalized spacial score (nSPS) is 14.3. The number of carbonyl (C=O) groups excluding carboxylic acids is 1. The van der Waals surface area contributed by atoms with Gasteiger partial charge in [-0.15, -0.1) is 0 Å². The van der Waals surface area contributed by atoms with Gasteiger partial charge in [-0.25, -0.2) is 4.98 Å². The van der Waals surface area contributed by atoms with Crippen molar-refractivity contribution in [3.05, 3.63) is 64.0 Å². The maximum Gasteiger partial charge on any atom is 0.292 e. The molecule has 0 unspecified atom stereocenters. The van der Waals surface area contributed by atoms with E-state index in [9.17, 15) is 4.79 Å². The minimum Gasteiger partial charge on any atom is -0.426 e. The van der Waals surface area contributed by atoms with E-state index in [1.807, 2.05) is 40.8 Å². The van der Waals surface area contributed by atoms with Gasteiger partial charge in [0.2, 0.25) is 0 Å². The molecule has 4 heterocycles. The molecular weight excluding hydrogens is 448 g/mol. The largest absolute Gasteiger partial charge is 0.426 e. The molecule has 1 aliphatic heterocycles. The predicted octanol–water partition coefficient (Wildman–Crippen LogP) is 5.13. The summed E-state index contributed by atoms with van der Waals surface area (Å²) in [5.41, 5.74) is 5.22. The molecule has 3 aromatic heterocycles. The fourth-order valence-electron chi connectivity index (χ4n) is 4.52. The molecular formula is C26H28N4O5. The third-order valence-electron chi connectivity index (χ3n) is 6.25. The molecule has 0 bridgehead atoms. The number of hydrogen-bond donors (Lipinski definition) is 1. The van der Waals surface area contributed by atoms with Crippen LogP contribution in [0.25, 0.3) is 11.0 Å². The summed E-state index contributed by atoms with van der Waals surface area (Å²) in [6.07, 6.45) is 0. The number of methoxy groups -OCH3 is 1. The van der Waals surface area contributed by atoms with Crippen molar-refractivity contribution < 1.29 is 23.4 Å². The molecule has 1 N–H and O–H groups in total. The number of carbonyl (C=O) groups is 1. The van der Waals surface area contributed by atoms with Crippen LogP contribution in [0.3, 0.4) is 0 Å². The van der Waals surface area contributed by atoms with Gasteiger partial charge in [-0.05, 0) is 74.2 Å². The number of ether oxygens (including phenoxy) is 3. The summed E-state index contributed by atoms with van der Waals surface area (Å²) in [7, 11) is 3.44. The smallest absolute Gasteiger partial charge is 0.292 e. The summed E-state index contributed by atoms with van der Waals surface area (Å²) >= 11 is 0. The zero-order valence-electron chi connectivity index (χ0n) is 20.7. The Balaban J connectivity index is 1.37. The summed E-state index contributed by atoms with van der Waals surface area (Å²) in [6, 6.07) is 9.03. The van der Waals surface area contributed by atoms with Crippen molar-refractivity contribution in [2.75, 3.05) is 12.4 Å². The molecule has 0 radical (unpaired) electrons. The van der Waals surface area contributed by atoms with Crippen molar-refractivity contribution in [2.24, 2.45) is 7.05 Å². The Labute approximate surface area is 203 Å². The van der Waals surface area contributed by atoms with Crippen LogP contribution >= 0.6 is 0 Å². The summed E-state index contributed by atoms with van der Waals surface area (Å²) in [5.74, 6) is 0.938. The Kier molecular flexibility index (Phi) is 5.61. The first-order chi connectivity index (χ1) is 16.7. The SMILES string of the molecule is COCc1cc(NC(=O)c2ccc(Oc3cc4c(cc3C)COC4(C)C)o2)nc2c1c(C)nn2C. The van der Waals surface area contributed by atoms with Crippen molar-refractivity contribution in [3.63, 3.8) is 0 Å². The highest BCUT2D eigenvalue weighted by atomic mass is 16.6. The Morgan fingerprint density at radius 2 is 2.03 bits per heavy atom. The van der Waals surface area contributed by atoms with Crippen LogP contribution in [0.2, 0.25) is 0 Å². The van der Waals surface area contributed by atoms with Gasteiger partial charge >= 0.3 is 0 Å². The number of aryl methyl sites for hydroxylation is 3. The first kappa shape index (κ1) is 23.1. The predicted molar refractivity (Wildman–Crippen MR) is 130 cm³/mol. The van der Waals surface area contributed by atoms with Crippen LogP contribution in [0.5, 0.6) is 11.7 Å². The van der Waals surface area contributed by atoms with E-state index < -0.39 is 5.91 Å². The minimum absolute atomic E-state index is 0.110. The summed E-state index contributed by atoms with van der Waals surface area (Å²) in [4.78, 5) is 17.5. The average molecular weight is 477 g/mol. The van der Waals surface area contributed by atoms with Crippen LogP contribution in [-0.2, 0) is 35.3 Å². The van der Waals surface area contributed by atoms with E-state index in [2.05, 4.69) is 21.5 Å². The van der Waals surface area contributed by atoms with E-state index in [0.717, 1.165) is 33.3 Å². The molecule has 182 valence electrons. The molecule has 0 saturated carbocycles. The number of nitrogens with zero attached hydrogens (tertiary/aromatic N) is 3. The number of rotatable bonds is 6. The summed E-state index contributed by atoms with van der Waals surface area (Å²) in [6.45, 7) is 8.90. The Morgan fingerprint density at radius 1 is 1.23 bits per heavy atom. The van der Waals surface area contributed by atoms with Gasteiger partial charge in [-0.1, -0.05) is 0 Å². The number of pyridine rings is 1. The number of anilines is 1. The van der Waals surface area contributed by atoms with Gasteiger partial charge in [0.1, 0.15) is 11.6 Å². The lowest BCUT2D eigenvalue weighted by atomic mass is 9.94. The van der Waals surface area contributed by atoms with Gasteiger partial charge < -0.3 is 23.9 Å². The fourth-order valence-corrected chi connectivity index (χ4v) is 4.52. The number of benzene rings is 1. The molecule has 1 aliphatic rings. The first-order valence-corrected chi connectivity index (χ1v) is 11.4. The van der Waals surface area contributed by atoms with Gasteiger partial charge in [0.25, 0.3) is 11.9 Å². The van der Waals surface area contributed by atoms with E-state index >= 15 is 0 Å². The number of hydrogen-bond acceptors (Lipinski definition) is 7. The zero-order valence-corrected chi connectivity index (χ0v) is 20.7. The quantitative estimate of drug-likeness (QED) is 0.411. The molecule has 1 amide bonds. The first-order valence-electron chi connectivity index (χ1n) is 11.4. The van der Waals surface area contributed by atoms with Crippen molar-refractivity contribution in [2.45, 2.75) is 46.5 Å². The molecule has 4 aromatic rings. The maximum atomic E-state index is 12.9. The molecule has 5 rings (SSSR count). The van der Waals surface area contributed by atoms with E-state index in [4.69, 9.17) is 18.6 Å². The number of amides is 1. The highest BCUT2D eigenvalue weighted by Crippen LogP contribution is 2.40. The lowest BCUT2D eigenvalue weighted by Gasteiger charge is -2.19. The topological polar surface area (TPSA) is 101 Å². The van der Waals surface area contributed by atoms with Crippen LogP contribution < -0.4 is 10.1 Å². The second-order valence-electron chi connectivity index (χ2n) is 9.26. The molecule has 0 spiro atoms. The second kappa shape index (κ2) is 8.51. The highest BCUT2D eigenvalue weighted by Gasteiger charge is 2.32. The van der Waals surface area contributed by atoms with Gasteiger partial charge in [0.15, 0.2) is 11.4 Å². The molecule has 0 aliphatic carbocycles. The number of fused-ring (bicyclic) bond motifs is 2.